The smallest absolute Gasteiger partial charge is 0.325 e. The molecule has 0 bridgehead atoms. The van der Waals surface area contributed by atoms with Gasteiger partial charge in [0.1, 0.15) is 91.3 Å². The van der Waals surface area contributed by atoms with Crippen LogP contribution in [-0.4, -0.2) is 272 Å². The Morgan fingerprint density at radius 2 is 1.13 bits per heavy atom. The van der Waals surface area contributed by atoms with Crippen molar-refractivity contribution in [2.45, 2.75) is 177 Å². The van der Waals surface area contributed by atoms with Crippen molar-refractivity contribution in [3.05, 3.63) is 54.1 Å². The summed E-state index contributed by atoms with van der Waals surface area (Å²) in [5, 5.41) is 99.5. The van der Waals surface area contributed by atoms with Gasteiger partial charge in [-0.15, -0.1) is 0 Å². The van der Waals surface area contributed by atoms with E-state index in [2.05, 4.69) is 35.8 Å². The van der Waals surface area contributed by atoms with Crippen molar-refractivity contribution in [2.24, 2.45) is 0 Å². The summed E-state index contributed by atoms with van der Waals surface area (Å²) in [4.78, 5) is 56.3. The van der Waals surface area contributed by atoms with E-state index in [4.69, 9.17) is 61.5 Å². The van der Waals surface area contributed by atoms with E-state index < -0.39 is 125 Å². The molecule has 3 aliphatic rings. The molecule has 514 valence electrons. The van der Waals surface area contributed by atoms with Crippen LogP contribution in [0.15, 0.2) is 48.5 Å². The highest BCUT2D eigenvalue weighted by Crippen LogP contribution is 2.37. The van der Waals surface area contributed by atoms with Gasteiger partial charge in [-0.05, 0) is 62.8 Å². The Hall–Kier alpha value is -4.09. The maximum absolute atomic E-state index is 12.4. The van der Waals surface area contributed by atoms with E-state index >= 15 is 0 Å². The molecule has 2 aromatic rings. The lowest BCUT2D eigenvalue weighted by molar-refractivity contribution is -0.376. The third kappa shape index (κ3) is 29.0. The molecule has 2 amide bonds. The van der Waals surface area contributed by atoms with Gasteiger partial charge in [-0.1, -0.05) is 61.2 Å². The second-order valence-electron chi connectivity index (χ2n) is 22.0. The minimum atomic E-state index is -3.28. The van der Waals surface area contributed by atoms with Gasteiger partial charge in [-0.25, -0.2) is 0 Å². The van der Waals surface area contributed by atoms with Gasteiger partial charge < -0.3 is 123 Å². The Morgan fingerprint density at radius 1 is 0.556 bits per heavy atom. The second-order valence-corrected chi connectivity index (χ2v) is 23.9. The number of benzene rings is 2. The zero-order valence-electron chi connectivity index (χ0n) is 51.8. The van der Waals surface area contributed by atoms with E-state index in [9.17, 15) is 69.7 Å². The number of hydrogen-bond donors (Lipinski definition) is 12. The second kappa shape index (κ2) is 43.0. The quantitative estimate of drug-likeness (QED) is 0.0300. The summed E-state index contributed by atoms with van der Waals surface area (Å²) in [5.41, 5.74) is 3.39. The molecule has 16 atom stereocenters. The molecule has 3 aliphatic heterocycles. The maximum Gasteiger partial charge on any atom is 0.325 e. The molecule has 3 heterocycles. The lowest BCUT2D eigenvalue weighted by Crippen LogP contribution is -2.68. The molecule has 0 radical (unpaired) electrons. The first-order valence-electron chi connectivity index (χ1n) is 30.5. The summed E-state index contributed by atoms with van der Waals surface area (Å²) in [5.74, 6) is -0.0118. The Bertz CT molecular complexity index is 2390. The highest BCUT2D eigenvalue weighted by atomic mass is 31.2. The fourth-order valence-electron chi connectivity index (χ4n) is 9.51. The number of ketones is 2. The third-order valence-corrected chi connectivity index (χ3v) is 15.0. The largest absolute Gasteiger partial charge is 0.486 e. The Kier molecular flexibility index (Phi) is 37.4. The number of ether oxygens (including phenoxy) is 11. The maximum atomic E-state index is 12.4. The average Bonchev–Trinajstić information content (AvgIpc) is 0.898. The lowest BCUT2D eigenvalue weighted by Gasteiger charge is -2.48. The first-order chi connectivity index (χ1) is 43.1. The molecule has 0 aromatic heterocycles. The number of nitrogens with one attached hydrogen (secondary N) is 2. The van der Waals surface area contributed by atoms with Gasteiger partial charge in [0.2, 0.25) is 11.8 Å². The summed E-state index contributed by atoms with van der Waals surface area (Å²) >= 11 is 0. The van der Waals surface area contributed by atoms with Crippen molar-refractivity contribution in [3.63, 3.8) is 0 Å². The molecular formula is C60H97N2O27P. The van der Waals surface area contributed by atoms with Gasteiger partial charge >= 0.3 is 7.60 Å². The number of unbranched alkanes of at least 4 members (excludes halogenated alkanes) is 4. The van der Waals surface area contributed by atoms with Crippen LogP contribution in [0.4, 0.5) is 0 Å². The van der Waals surface area contributed by atoms with Crippen LogP contribution in [0.5, 0.6) is 5.75 Å². The van der Waals surface area contributed by atoms with E-state index in [1.165, 1.54) is 19.2 Å². The zero-order valence-corrected chi connectivity index (χ0v) is 52.7. The summed E-state index contributed by atoms with van der Waals surface area (Å²) in [6.45, 7) is 6.68. The van der Waals surface area contributed by atoms with Crippen LogP contribution >= 0.6 is 7.60 Å². The number of amides is 2. The summed E-state index contributed by atoms with van der Waals surface area (Å²) in [7, 11) is -3.28. The molecule has 90 heavy (non-hydrogen) atoms. The minimum Gasteiger partial charge on any atom is -0.486 e. The Labute approximate surface area is 525 Å². The molecule has 3 saturated heterocycles. The predicted molar refractivity (Wildman–Crippen MR) is 319 cm³/mol. The summed E-state index contributed by atoms with van der Waals surface area (Å²) < 4.78 is 77.2. The molecule has 0 aliphatic carbocycles. The summed E-state index contributed by atoms with van der Waals surface area (Å²) in [6, 6.07) is 14.6. The number of hydrogen-bond acceptors (Lipinski definition) is 26. The zero-order chi connectivity index (χ0) is 66.0. The highest BCUT2D eigenvalue weighted by molar-refractivity contribution is 7.51. The van der Waals surface area contributed by atoms with Crippen LogP contribution < -0.4 is 15.4 Å². The van der Waals surface area contributed by atoms with Crippen LogP contribution in [0.3, 0.4) is 0 Å². The van der Waals surface area contributed by atoms with Crippen LogP contribution in [0.25, 0.3) is 11.1 Å². The lowest BCUT2D eigenvalue weighted by atomic mass is 9.95. The number of aliphatic hydroxyl groups excluding tert-OH is 9. The molecule has 0 spiro atoms. The van der Waals surface area contributed by atoms with Crippen LogP contribution in [0.2, 0.25) is 0 Å². The molecule has 0 saturated carbocycles. The van der Waals surface area contributed by atoms with E-state index in [1.54, 1.807) is 6.92 Å². The van der Waals surface area contributed by atoms with E-state index in [1.807, 2.05) is 30.3 Å². The fourth-order valence-corrected chi connectivity index (χ4v) is 9.98. The topological polar surface area (TPSA) is 422 Å². The molecule has 7 unspecified atom stereocenters. The molecule has 12 N–H and O–H groups in total. The van der Waals surface area contributed by atoms with Gasteiger partial charge in [0, 0.05) is 46.0 Å². The molecule has 5 rings (SSSR count). The first-order valence-corrected chi connectivity index (χ1v) is 32.5. The van der Waals surface area contributed by atoms with Crippen LogP contribution in [-0.2, 0) is 75.6 Å². The van der Waals surface area contributed by atoms with Gasteiger partial charge in [-0.2, -0.15) is 0 Å². The van der Waals surface area contributed by atoms with Crippen molar-refractivity contribution in [1.82, 2.24) is 10.6 Å². The number of aliphatic hydroxyl groups is 9. The third-order valence-electron chi connectivity index (χ3n) is 14.3. The van der Waals surface area contributed by atoms with Crippen molar-refractivity contribution in [3.8, 4) is 16.9 Å². The average molecular weight is 1310 g/mol. The van der Waals surface area contributed by atoms with Crippen molar-refractivity contribution in [2.75, 3.05) is 106 Å². The number of carbonyl (C=O) groups is 4. The molecular weight excluding hydrogens is 1210 g/mol. The highest BCUT2D eigenvalue weighted by Gasteiger charge is 2.54. The van der Waals surface area contributed by atoms with Crippen molar-refractivity contribution >= 4 is 31.0 Å². The van der Waals surface area contributed by atoms with Gasteiger partial charge in [-0.3, -0.25) is 18.9 Å². The minimum absolute atomic E-state index is 0.00226. The number of aryl methyl sites for hydroxylation is 1. The first kappa shape index (κ1) is 78.4. The molecule has 2 aromatic carbocycles. The van der Waals surface area contributed by atoms with Crippen molar-refractivity contribution in [1.29, 1.82) is 0 Å². The van der Waals surface area contributed by atoms with Gasteiger partial charge in [0.05, 0.1) is 79.3 Å². The summed E-state index contributed by atoms with van der Waals surface area (Å²) in [6.07, 6.45) is -16.7. The monoisotopic (exact) mass is 1310 g/mol. The Morgan fingerprint density at radius 3 is 1.74 bits per heavy atom. The normalized spacial score (nSPS) is 27.4. The van der Waals surface area contributed by atoms with Crippen molar-refractivity contribution < 1.29 is 131 Å². The fraction of sp³-hybridized carbons (Fsp3) is 0.733. The van der Waals surface area contributed by atoms with E-state index in [-0.39, 0.29) is 63.3 Å². The predicted octanol–water partition coefficient (Wildman–Crippen LogP) is -0.291. The molecule has 30 heteroatoms. The molecule has 3 fully saturated rings. The standard InChI is InChI=1S/C50H76N2O23.C10H21O4P/c1-29-6-3-7-32(24-29)31-9-11-34(12-10-31)70-28-33(57)8-4-15-65-18-20-67-22-23-68-21-19-66-17-13-38(58)51-14-5-16-69-48-39(52-30(2)56)42(61)46(37(27-55)73-48)74-50-45(64)47(41(60)36(26-54)72-50)75-49-44(63)43(62)40(59)35(25-53)71-49;1-10(11)8-6-4-3-5-7-9-14-15(2,12)13/h3,6-7,9-12,24,35-37,39-50,53-55,59-64H,4-5,8,13-23,25-28H2,1-2H3,(H,51,58)(H,52,56);3-9H2,1-2H3,(H,12,13)/t35?,36?,37?,39?,40-,41-,42+,43-,44?,45?,46+,47-,48+,49+,50-;/m0./s1. The van der Waals surface area contributed by atoms with Crippen LogP contribution in [0, 0.1) is 6.92 Å². The Balaban J connectivity index is 0.00000101. The SMILES string of the molecule is CC(=O)CCCCCCCOP(C)(=O)O.CC(=O)NC1[C@H](OCCCNC(=O)CCOCCOCCOCCOCCCC(=O)COc2ccc(-c3cccc(C)c3)cc2)OC(CO)[C@@H](O[C@@H]2OC(CO)[C@H](O)[C@H](O[C@H]3OC(CO)[C@H](O)[C@H](O)C3O)C2O)[C@@H]1O. The number of rotatable bonds is 42. The number of carbonyl (C=O) groups excluding carboxylic acids is 4. The van der Waals surface area contributed by atoms with Crippen LogP contribution in [0.1, 0.15) is 83.6 Å². The molecule has 29 nitrogen and oxygen atoms in total. The van der Waals surface area contributed by atoms with E-state index in [0.717, 1.165) is 43.2 Å². The van der Waals surface area contributed by atoms with E-state index in [0.29, 0.717) is 71.3 Å². The van der Waals surface area contributed by atoms with Gasteiger partial charge in [0.25, 0.3) is 0 Å². The van der Waals surface area contributed by atoms with Gasteiger partial charge in [0.15, 0.2) is 24.7 Å². The number of Topliss-reactive ketones (excluding diaryl/α,β-unsaturated/α-hetero) is 2.